The Morgan fingerprint density at radius 2 is 2.20 bits per heavy atom. The first-order chi connectivity index (χ1) is 7.11. The Labute approximate surface area is 88.9 Å². The van der Waals surface area contributed by atoms with Gasteiger partial charge in [-0.05, 0) is 19.1 Å². The molecule has 4 nitrogen and oxygen atoms in total. The fraction of sp³-hybridized carbons (Fsp3) is 0.182. The molecule has 15 heavy (non-hydrogen) atoms. The Morgan fingerprint density at radius 1 is 1.47 bits per heavy atom. The minimum absolute atomic E-state index is 0.309. The molecule has 1 aromatic rings. The third-order valence-corrected chi connectivity index (χ3v) is 1.65. The van der Waals surface area contributed by atoms with Gasteiger partial charge in [0.1, 0.15) is 5.75 Å². The third-order valence-electron chi connectivity index (χ3n) is 1.65. The molecule has 0 aromatic heterocycles. The normalized spacial score (nSPS) is 9.20. The average molecular weight is 206 g/mol. The van der Waals surface area contributed by atoms with Crippen LogP contribution in [0.2, 0.25) is 0 Å². The van der Waals surface area contributed by atoms with Crippen molar-refractivity contribution in [3.05, 3.63) is 36.5 Å². The Kier molecular flexibility index (Phi) is 3.74. The predicted octanol–water partition coefficient (Wildman–Crippen LogP) is 2.35. The zero-order valence-corrected chi connectivity index (χ0v) is 8.83. The summed E-state index contributed by atoms with van der Waals surface area (Å²) in [6.07, 6.45) is 0. The number of benzene rings is 1. The van der Waals surface area contributed by atoms with E-state index in [4.69, 9.17) is 4.74 Å². The molecule has 0 unspecified atom stereocenters. The minimum atomic E-state index is -0.309. The number of methoxy groups -OCH3 is 1. The molecule has 0 aliphatic carbocycles. The highest BCUT2D eigenvalue weighted by atomic mass is 16.5. The second-order valence-electron chi connectivity index (χ2n) is 3.09. The monoisotopic (exact) mass is 206 g/mol. The smallest absolute Gasteiger partial charge is 0.323 e. The van der Waals surface area contributed by atoms with E-state index < -0.39 is 0 Å². The maximum Gasteiger partial charge on any atom is 0.323 e. The lowest BCUT2D eigenvalue weighted by atomic mass is 10.3. The number of rotatable bonds is 3. The summed E-state index contributed by atoms with van der Waals surface area (Å²) in [5.41, 5.74) is 1.27. The van der Waals surface area contributed by atoms with Crippen LogP contribution in [-0.2, 0) is 0 Å². The highest BCUT2D eigenvalue weighted by Gasteiger charge is 2.01. The molecule has 4 heteroatoms. The molecule has 80 valence electrons. The lowest BCUT2D eigenvalue weighted by Gasteiger charge is -2.07. The van der Waals surface area contributed by atoms with Crippen molar-refractivity contribution in [2.75, 3.05) is 12.4 Å². The predicted molar refractivity (Wildman–Crippen MR) is 60.0 cm³/mol. The lowest BCUT2D eigenvalue weighted by molar-refractivity contribution is 0.254. The molecule has 0 radical (unpaired) electrons. The van der Waals surface area contributed by atoms with E-state index in [1.807, 2.05) is 6.07 Å². The standard InChI is InChI=1S/C11H14N2O2/c1-8(2)12-11(14)13-9-5-4-6-10(7-9)15-3/h4-7H,1H2,2-3H3,(H2,12,13,14). The third kappa shape index (κ3) is 3.72. The molecule has 0 bridgehead atoms. The van der Waals surface area contributed by atoms with Crippen LogP contribution in [0, 0.1) is 0 Å². The zero-order chi connectivity index (χ0) is 11.3. The lowest BCUT2D eigenvalue weighted by Crippen LogP contribution is -2.26. The van der Waals surface area contributed by atoms with Crippen molar-refractivity contribution >= 4 is 11.7 Å². The summed E-state index contributed by atoms with van der Waals surface area (Å²) in [6.45, 7) is 5.29. The van der Waals surface area contributed by atoms with Crippen LogP contribution in [0.4, 0.5) is 10.5 Å². The second kappa shape index (κ2) is 5.05. The molecule has 0 spiro atoms. The van der Waals surface area contributed by atoms with Crippen molar-refractivity contribution in [2.24, 2.45) is 0 Å². The summed E-state index contributed by atoms with van der Waals surface area (Å²) in [4.78, 5) is 11.3. The van der Waals surface area contributed by atoms with Crippen LogP contribution in [0.5, 0.6) is 5.75 Å². The number of amides is 2. The first kappa shape index (κ1) is 11.1. The fourth-order valence-corrected chi connectivity index (χ4v) is 1.06. The van der Waals surface area contributed by atoms with E-state index in [9.17, 15) is 4.79 Å². The van der Waals surface area contributed by atoms with Gasteiger partial charge in [-0.2, -0.15) is 0 Å². The molecule has 0 saturated heterocycles. The summed E-state index contributed by atoms with van der Waals surface area (Å²) in [6, 6.07) is 6.81. The minimum Gasteiger partial charge on any atom is -0.497 e. The van der Waals surface area contributed by atoms with E-state index in [1.54, 1.807) is 32.2 Å². The van der Waals surface area contributed by atoms with Crippen LogP contribution in [0.1, 0.15) is 6.92 Å². The number of nitrogens with one attached hydrogen (secondary N) is 2. The number of hydrogen-bond acceptors (Lipinski definition) is 2. The summed E-state index contributed by atoms with van der Waals surface area (Å²) >= 11 is 0. The number of urea groups is 1. The quantitative estimate of drug-likeness (QED) is 0.797. The van der Waals surface area contributed by atoms with Crippen LogP contribution in [0.15, 0.2) is 36.5 Å². The maximum atomic E-state index is 11.3. The summed E-state index contributed by atoms with van der Waals surface area (Å²) in [7, 11) is 1.58. The van der Waals surface area contributed by atoms with Gasteiger partial charge in [-0.15, -0.1) is 0 Å². The van der Waals surface area contributed by atoms with Crippen LogP contribution in [0.3, 0.4) is 0 Å². The Hall–Kier alpha value is -1.97. The van der Waals surface area contributed by atoms with Gasteiger partial charge >= 0.3 is 6.03 Å². The van der Waals surface area contributed by atoms with E-state index in [-0.39, 0.29) is 6.03 Å². The van der Waals surface area contributed by atoms with Crippen LogP contribution >= 0.6 is 0 Å². The van der Waals surface area contributed by atoms with E-state index in [1.165, 1.54) is 0 Å². The first-order valence-electron chi connectivity index (χ1n) is 4.49. The fourth-order valence-electron chi connectivity index (χ4n) is 1.06. The molecule has 0 aliphatic heterocycles. The number of carbonyl (C=O) groups excluding carboxylic acids is 1. The van der Waals surface area contributed by atoms with E-state index in [2.05, 4.69) is 17.2 Å². The number of carbonyl (C=O) groups is 1. The molecule has 0 saturated carbocycles. The van der Waals surface area contributed by atoms with Gasteiger partial charge < -0.3 is 15.4 Å². The molecule has 2 N–H and O–H groups in total. The van der Waals surface area contributed by atoms with Crippen molar-refractivity contribution in [3.63, 3.8) is 0 Å². The molecule has 2 amide bonds. The average Bonchev–Trinajstić information content (AvgIpc) is 2.16. The molecule has 0 aliphatic rings. The molecule has 0 heterocycles. The number of ether oxygens (including phenoxy) is 1. The van der Waals surface area contributed by atoms with E-state index in [0.717, 1.165) is 0 Å². The van der Waals surface area contributed by atoms with Crippen LogP contribution in [0.25, 0.3) is 0 Å². The highest BCUT2D eigenvalue weighted by molar-refractivity contribution is 5.90. The number of anilines is 1. The van der Waals surface area contributed by atoms with Gasteiger partial charge in [0.05, 0.1) is 7.11 Å². The Balaban J connectivity index is 2.63. The first-order valence-corrected chi connectivity index (χ1v) is 4.49. The number of allylic oxidation sites excluding steroid dienone is 1. The maximum absolute atomic E-state index is 11.3. The van der Waals surface area contributed by atoms with Gasteiger partial charge in [0.15, 0.2) is 0 Å². The molecule has 0 atom stereocenters. The van der Waals surface area contributed by atoms with Gasteiger partial charge in [0.25, 0.3) is 0 Å². The van der Waals surface area contributed by atoms with E-state index >= 15 is 0 Å². The van der Waals surface area contributed by atoms with Crippen LogP contribution in [-0.4, -0.2) is 13.1 Å². The van der Waals surface area contributed by atoms with E-state index in [0.29, 0.717) is 17.1 Å². The van der Waals surface area contributed by atoms with Gasteiger partial charge in [-0.25, -0.2) is 4.79 Å². The topological polar surface area (TPSA) is 50.4 Å². The summed E-state index contributed by atoms with van der Waals surface area (Å²) < 4.78 is 5.03. The summed E-state index contributed by atoms with van der Waals surface area (Å²) in [5, 5.41) is 5.20. The van der Waals surface area contributed by atoms with Gasteiger partial charge in [0.2, 0.25) is 0 Å². The highest BCUT2D eigenvalue weighted by Crippen LogP contribution is 2.16. The van der Waals surface area contributed by atoms with Crippen LogP contribution < -0.4 is 15.4 Å². The number of hydrogen-bond donors (Lipinski definition) is 2. The van der Waals surface area contributed by atoms with Gasteiger partial charge in [-0.3, -0.25) is 0 Å². The van der Waals surface area contributed by atoms with Crippen molar-refractivity contribution in [1.29, 1.82) is 0 Å². The molecule has 0 fully saturated rings. The molecular formula is C11H14N2O2. The summed E-state index contributed by atoms with van der Waals surface area (Å²) in [5.74, 6) is 0.697. The van der Waals surface area contributed by atoms with Crippen molar-refractivity contribution in [2.45, 2.75) is 6.92 Å². The second-order valence-corrected chi connectivity index (χ2v) is 3.09. The Morgan fingerprint density at radius 3 is 2.80 bits per heavy atom. The van der Waals surface area contributed by atoms with Crippen molar-refractivity contribution in [1.82, 2.24) is 5.32 Å². The van der Waals surface area contributed by atoms with Gasteiger partial charge in [-0.1, -0.05) is 12.6 Å². The van der Waals surface area contributed by atoms with Crippen molar-refractivity contribution < 1.29 is 9.53 Å². The zero-order valence-electron chi connectivity index (χ0n) is 8.83. The SMILES string of the molecule is C=C(C)NC(=O)Nc1cccc(OC)c1. The largest absolute Gasteiger partial charge is 0.497 e. The van der Waals surface area contributed by atoms with Crippen molar-refractivity contribution in [3.8, 4) is 5.75 Å². The van der Waals surface area contributed by atoms with Gasteiger partial charge in [0, 0.05) is 17.5 Å². The molecular weight excluding hydrogens is 192 g/mol. The molecule has 1 aromatic carbocycles. The Bertz CT molecular complexity index is 375. The molecule has 1 rings (SSSR count).